The number of hydrogen-bond acceptors (Lipinski definition) is 2. The topological polar surface area (TPSA) is 34.9 Å². The molecule has 0 N–H and O–H groups in total. The standard InChI is InChI=1S/C9H14N2O/c1-9(2,3)8-6-11(4-5-12)7-10-8/h5-7H,4H2,1-3H3. The van der Waals surface area contributed by atoms with Gasteiger partial charge in [0.1, 0.15) is 6.29 Å². The van der Waals surface area contributed by atoms with E-state index in [0.29, 0.717) is 6.54 Å². The Morgan fingerprint density at radius 1 is 1.58 bits per heavy atom. The molecule has 0 aromatic carbocycles. The van der Waals surface area contributed by atoms with Gasteiger partial charge in [-0.15, -0.1) is 0 Å². The maximum atomic E-state index is 10.2. The Kier molecular flexibility index (Phi) is 2.31. The highest BCUT2D eigenvalue weighted by Crippen LogP contribution is 2.19. The van der Waals surface area contributed by atoms with E-state index < -0.39 is 0 Å². The predicted octanol–water partition coefficient (Wildman–Crippen LogP) is 1.38. The van der Waals surface area contributed by atoms with Gasteiger partial charge >= 0.3 is 0 Å². The molecule has 1 aromatic rings. The number of rotatable bonds is 2. The summed E-state index contributed by atoms with van der Waals surface area (Å²) in [5.74, 6) is 0. The van der Waals surface area contributed by atoms with E-state index in [1.54, 1.807) is 10.9 Å². The van der Waals surface area contributed by atoms with Gasteiger partial charge in [-0.3, -0.25) is 0 Å². The lowest BCUT2D eigenvalue weighted by molar-refractivity contribution is -0.108. The van der Waals surface area contributed by atoms with Crippen molar-refractivity contribution in [3.8, 4) is 0 Å². The van der Waals surface area contributed by atoms with Crippen LogP contribution in [0.5, 0.6) is 0 Å². The van der Waals surface area contributed by atoms with E-state index in [9.17, 15) is 4.79 Å². The van der Waals surface area contributed by atoms with Crippen LogP contribution in [0.25, 0.3) is 0 Å². The zero-order valence-electron chi connectivity index (χ0n) is 7.74. The molecule has 0 spiro atoms. The van der Waals surface area contributed by atoms with Gasteiger partial charge < -0.3 is 9.36 Å². The average molecular weight is 166 g/mol. The zero-order valence-corrected chi connectivity index (χ0v) is 7.74. The molecular weight excluding hydrogens is 152 g/mol. The quantitative estimate of drug-likeness (QED) is 0.622. The first-order valence-corrected chi connectivity index (χ1v) is 4.00. The molecule has 1 aromatic heterocycles. The molecule has 0 aliphatic heterocycles. The van der Waals surface area contributed by atoms with E-state index >= 15 is 0 Å². The summed E-state index contributed by atoms with van der Waals surface area (Å²) >= 11 is 0. The van der Waals surface area contributed by atoms with Gasteiger partial charge in [0, 0.05) is 11.6 Å². The van der Waals surface area contributed by atoms with E-state index in [4.69, 9.17) is 0 Å². The van der Waals surface area contributed by atoms with Crippen LogP contribution in [0.3, 0.4) is 0 Å². The molecule has 0 saturated carbocycles. The highest BCUT2D eigenvalue weighted by atomic mass is 16.1. The highest BCUT2D eigenvalue weighted by molar-refractivity contribution is 5.49. The van der Waals surface area contributed by atoms with Crippen molar-refractivity contribution in [2.75, 3.05) is 0 Å². The van der Waals surface area contributed by atoms with E-state index in [0.717, 1.165) is 12.0 Å². The number of carbonyl (C=O) groups excluding carboxylic acids is 1. The third-order valence-corrected chi connectivity index (χ3v) is 1.69. The minimum absolute atomic E-state index is 0.0636. The van der Waals surface area contributed by atoms with E-state index in [-0.39, 0.29) is 5.41 Å². The Balaban J connectivity index is 2.84. The lowest BCUT2D eigenvalue weighted by Gasteiger charge is -2.13. The second-order valence-corrected chi connectivity index (χ2v) is 3.87. The van der Waals surface area contributed by atoms with Crippen LogP contribution in [0.2, 0.25) is 0 Å². The van der Waals surface area contributed by atoms with Crippen LogP contribution in [0.4, 0.5) is 0 Å². The number of hydrogen-bond donors (Lipinski definition) is 0. The summed E-state index contributed by atoms with van der Waals surface area (Å²) in [7, 11) is 0. The van der Waals surface area contributed by atoms with Crippen LogP contribution in [0, 0.1) is 0 Å². The van der Waals surface area contributed by atoms with Crippen molar-refractivity contribution in [1.29, 1.82) is 0 Å². The van der Waals surface area contributed by atoms with Gasteiger partial charge in [0.25, 0.3) is 0 Å². The fraction of sp³-hybridized carbons (Fsp3) is 0.556. The number of carbonyl (C=O) groups is 1. The van der Waals surface area contributed by atoms with Crippen molar-refractivity contribution in [1.82, 2.24) is 9.55 Å². The lowest BCUT2D eigenvalue weighted by atomic mass is 9.93. The van der Waals surface area contributed by atoms with Crippen LogP contribution in [-0.2, 0) is 16.8 Å². The zero-order chi connectivity index (χ0) is 9.19. The van der Waals surface area contributed by atoms with Gasteiger partial charge in [-0.1, -0.05) is 20.8 Å². The summed E-state index contributed by atoms with van der Waals surface area (Å²) in [6.45, 7) is 6.69. The second-order valence-electron chi connectivity index (χ2n) is 3.87. The van der Waals surface area contributed by atoms with Crippen LogP contribution in [0.15, 0.2) is 12.5 Å². The molecule has 0 amide bonds. The molecule has 0 fully saturated rings. The van der Waals surface area contributed by atoms with Gasteiger partial charge in [0.15, 0.2) is 0 Å². The van der Waals surface area contributed by atoms with Crippen molar-refractivity contribution in [3.05, 3.63) is 18.2 Å². The summed E-state index contributed by atoms with van der Waals surface area (Å²) in [4.78, 5) is 14.4. The Labute approximate surface area is 72.4 Å². The average Bonchev–Trinajstić information content (AvgIpc) is 2.35. The Hall–Kier alpha value is -1.12. The minimum Gasteiger partial charge on any atom is -0.330 e. The van der Waals surface area contributed by atoms with E-state index in [1.807, 2.05) is 6.20 Å². The van der Waals surface area contributed by atoms with E-state index in [1.165, 1.54) is 0 Å². The highest BCUT2D eigenvalue weighted by Gasteiger charge is 2.16. The summed E-state index contributed by atoms with van der Waals surface area (Å²) in [5, 5.41) is 0. The summed E-state index contributed by atoms with van der Waals surface area (Å²) in [5.41, 5.74) is 1.08. The number of imidazole rings is 1. The Bertz CT molecular complexity index is 270. The molecule has 1 heterocycles. The van der Waals surface area contributed by atoms with Gasteiger partial charge in [0.05, 0.1) is 18.6 Å². The molecule has 0 atom stereocenters. The van der Waals surface area contributed by atoms with Crippen LogP contribution < -0.4 is 0 Å². The van der Waals surface area contributed by atoms with Gasteiger partial charge in [0.2, 0.25) is 0 Å². The maximum absolute atomic E-state index is 10.2. The Morgan fingerprint density at radius 3 is 2.67 bits per heavy atom. The molecule has 0 aliphatic rings. The fourth-order valence-corrected chi connectivity index (χ4v) is 0.933. The monoisotopic (exact) mass is 166 g/mol. The molecule has 0 saturated heterocycles. The summed E-state index contributed by atoms with van der Waals surface area (Å²) in [6, 6.07) is 0. The van der Waals surface area contributed by atoms with Gasteiger partial charge in [-0.05, 0) is 0 Å². The van der Waals surface area contributed by atoms with Crippen molar-refractivity contribution < 1.29 is 4.79 Å². The van der Waals surface area contributed by atoms with Crippen LogP contribution >= 0.6 is 0 Å². The molecule has 12 heavy (non-hydrogen) atoms. The fourth-order valence-electron chi connectivity index (χ4n) is 0.933. The first kappa shape index (κ1) is 8.97. The minimum atomic E-state index is 0.0636. The molecule has 3 heteroatoms. The first-order chi connectivity index (χ1) is 5.54. The van der Waals surface area contributed by atoms with Crippen molar-refractivity contribution in [3.63, 3.8) is 0 Å². The number of nitrogens with zero attached hydrogens (tertiary/aromatic N) is 2. The second kappa shape index (κ2) is 3.09. The molecule has 0 unspecified atom stereocenters. The molecular formula is C9H14N2O. The van der Waals surface area contributed by atoms with Crippen molar-refractivity contribution in [2.24, 2.45) is 0 Å². The molecule has 0 aliphatic carbocycles. The third-order valence-electron chi connectivity index (χ3n) is 1.69. The van der Waals surface area contributed by atoms with Gasteiger partial charge in [-0.25, -0.2) is 4.98 Å². The smallest absolute Gasteiger partial charge is 0.139 e. The molecule has 0 radical (unpaired) electrons. The van der Waals surface area contributed by atoms with Gasteiger partial charge in [-0.2, -0.15) is 0 Å². The largest absolute Gasteiger partial charge is 0.330 e. The normalized spacial score (nSPS) is 11.6. The maximum Gasteiger partial charge on any atom is 0.139 e. The van der Waals surface area contributed by atoms with Crippen LogP contribution in [0.1, 0.15) is 26.5 Å². The predicted molar refractivity (Wildman–Crippen MR) is 47.0 cm³/mol. The molecule has 66 valence electrons. The third kappa shape index (κ3) is 1.94. The van der Waals surface area contributed by atoms with Crippen LogP contribution in [-0.4, -0.2) is 15.8 Å². The molecule has 0 bridgehead atoms. The molecule has 3 nitrogen and oxygen atoms in total. The summed E-state index contributed by atoms with van der Waals surface area (Å²) in [6.07, 6.45) is 4.47. The first-order valence-electron chi connectivity index (χ1n) is 4.00. The van der Waals surface area contributed by atoms with Crippen molar-refractivity contribution >= 4 is 6.29 Å². The lowest BCUT2D eigenvalue weighted by Crippen LogP contribution is -2.11. The van der Waals surface area contributed by atoms with E-state index in [2.05, 4.69) is 25.8 Å². The van der Waals surface area contributed by atoms with Crippen molar-refractivity contribution in [2.45, 2.75) is 32.7 Å². The Morgan fingerprint density at radius 2 is 2.25 bits per heavy atom. The molecule has 1 rings (SSSR count). The SMILES string of the molecule is CC(C)(C)c1cn(CC=O)cn1. The summed E-state index contributed by atoms with van der Waals surface area (Å²) < 4.78 is 1.79. The number of aromatic nitrogens is 2. The number of aldehydes is 1.